The van der Waals surface area contributed by atoms with E-state index < -0.39 is 10.0 Å². The average Bonchev–Trinajstić information content (AvgIpc) is 2.24. The van der Waals surface area contributed by atoms with Gasteiger partial charge in [-0.15, -0.1) is 0 Å². The Kier molecular flexibility index (Phi) is 4.76. The summed E-state index contributed by atoms with van der Waals surface area (Å²) in [6.07, 6.45) is 0. The van der Waals surface area contributed by atoms with Gasteiger partial charge in [0.1, 0.15) is 5.75 Å². The number of hydrogen-bond acceptors (Lipinski definition) is 3. The van der Waals surface area contributed by atoms with Crippen LogP contribution in [0.25, 0.3) is 0 Å². The minimum Gasteiger partial charge on any atom is -0.493 e. The van der Waals surface area contributed by atoms with Gasteiger partial charge in [0, 0.05) is 0 Å². The second kappa shape index (κ2) is 5.71. The molecule has 0 aliphatic heterocycles. The van der Waals surface area contributed by atoms with E-state index in [2.05, 4.69) is 13.8 Å². The lowest BCUT2D eigenvalue weighted by molar-refractivity contribution is 0.267. The first-order valence-electron chi connectivity index (χ1n) is 6.01. The molecule has 0 aromatic heterocycles. The molecule has 4 nitrogen and oxygen atoms in total. The van der Waals surface area contributed by atoms with E-state index in [4.69, 9.17) is 9.88 Å². The fraction of sp³-hybridized carbons (Fsp3) is 0.538. The summed E-state index contributed by atoms with van der Waals surface area (Å²) in [5.41, 5.74) is 0.863. The highest BCUT2D eigenvalue weighted by Gasteiger charge is 2.14. The van der Waals surface area contributed by atoms with Gasteiger partial charge in [0.25, 0.3) is 0 Å². The molecule has 0 aliphatic carbocycles. The van der Waals surface area contributed by atoms with Crippen molar-refractivity contribution in [2.45, 2.75) is 38.5 Å². The van der Waals surface area contributed by atoms with Crippen LogP contribution in [0.15, 0.2) is 23.1 Å². The topological polar surface area (TPSA) is 69.4 Å². The molecule has 0 atom stereocenters. The lowest BCUT2D eigenvalue weighted by Crippen LogP contribution is -2.13. The molecule has 5 heteroatoms. The van der Waals surface area contributed by atoms with Gasteiger partial charge in [0.05, 0.1) is 11.5 Å². The van der Waals surface area contributed by atoms with Gasteiger partial charge in [0.15, 0.2) is 0 Å². The highest BCUT2D eigenvalue weighted by atomic mass is 32.2. The Bertz CT molecular complexity index is 507. The summed E-state index contributed by atoms with van der Waals surface area (Å²) in [7, 11) is -3.66. The van der Waals surface area contributed by atoms with Crippen LogP contribution in [0.3, 0.4) is 0 Å². The smallest absolute Gasteiger partial charge is 0.238 e. The van der Waals surface area contributed by atoms with Gasteiger partial charge < -0.3 is 4.74 Å². The highest BCUT2D eigenvalue weighted by Crippen LogP contribution is 2.29. The molecule has 0 heterocycles. The molecule has 1 rings (SSSR count). The molecule has 0 radical (unpaired) electrons. The maximum Gasteiger partial charge on any atom is 0.238 e. The molecule has 0 saturated heterocycles. The van der Waals surface area contributed by atoms with Crippen molar-refractivity contribution < 1.29 is 13.2 Å². The van der Waals surface area contributed by atoms with Crippen molar-refractivity contribution in [2.75, 3.05) is 6.61 Å². The third kappa shape index (κ3) is 3.99. The van der Waals surface area contributed by atoms with Crippen LogP contribution in [0.1, 0.15) is 39.2 Å². The fourth-order valence-corrected chi connectivity index (χ4v) is 2.09. The quantitative estimate of drug-likeness (QED) is 0.894. The standard InChI is InChI=1S/C13H21NO3S/c1-9(2)8-17-13-6-5-11(18(14,15)16)7-12(13)10(3)4/h5-7,9-10H,8H2,1-4H3,(H2,14,15,16). The Balaban J connectivity index is 3.13. The molecule has 0 bridgehead atoms. The largest absolute Gasteiger partial charge is 0.493 e. The first kappa shape index (κ1) is 15.0. The molecule has 2 N–H and O–H groups in total. The van der Waals surface area contributed by atoms with Crippen LogP contribution in [-0.4, -0.2) is 15.0 Å². The number of nitrogens with two attached hydrogens (primary N) is 1. The first-order chi connectivity index (χ1) is 8.21. The van der Waals surface area contributed by atoms with Gasteiger partial charge in [0.2, 0.25) is 10.0 Å². The number of ether oxygens (including phenoxy) is 1. The number of hydrogen-bond donors (Lipinski definition) is 1. The van der Waals surface area contributed by atoms with Crippen molar-refractivity contribution in [3.63, 3.8) is 0 Å². The average molecular weight is 271 g/mol. The SMILES string of the molecule is CC(C)COc1ccc(S(N)(=O)=O)cc1C(C)C. The second-order valence-corrected chi connectivity index (χ2v) is 6.67. The van der Waals surface area contributed by atoms with Crippen molar-refractivity contribution in [3.05, 3.63) is 23.8 Å². The number of rotatable bonds is 5. The molecule has 1 aromatic carbocycles. The van der Waals surface area contributed by atoms with Gasteiger partial charge in [-0.3, -0.25) is 0 Å². The van der Waals surface area contributed by atoms with Gasteiger partial charge in [-0.2, -0.15) is 0 Å². The van der Waals surface area contributed by atoms with Crippen LogP contribution in [0, 0.1) is 5.92 Å². The van der Waals surface area contributed by atoms with Crippen molar-refractivity contribution in [2.24, 2.45) is 11.1 Å². The molecule has 0 aliphatic rings. The third-order valence-electron chi connectivity index (χ3n) is 2.50. The minimum absolute atomic E-state index is 0.128. The molecule has 102 valence electrons. The van der Waals surface area contributed by atoms with Crippen LogP contribution in [0.2, 0.25) is 0 Å². The zero-order chi connectivity index (χ0) is 13.9. The molecule has 0 saturated carbocycles. The van der Waals surface area contributed by atoms with E-state index in [1.54, 1.807) is 12.1 Å². The van der Waals surface area contributed by atoms with Gasteiger partial charge in [-0.1, -0.05) is 27.7 Å². The molecule has 0 unspecified atom stereocenters. The van der Waals surface area contributed by atoms with Crippen LogP contribution >= 0.6 is 0 Å². The number of primary sulfonamides is 1. The van der Waals surface area contributed by atoms with Crippen molar-refractivity contribution in [3.8, 4) is 5.75 Å². The Morgan fingerprint density at radius 2 is 1.83 bits per heavy atom. The van der Waals surface area contributed by atoms with Crippen LogP contribution < -0.4 is 9.88 Å². The number of sulfonamides is 1. The lowest BCUT2D eigenvalue weighted by atomic mass is 10.0. The maximum absolute atomic E-state index is 11.3. The monoisotopic (exact) mass is 271 g/mol. The zero-order valence-corrected chi connectivity index (χ0v) is 12.1. The molecule has 18 heavy (non-hydrogen) atoms. The molecule has 0 amide bonds. The van der Waals surface area contributed by atoms with Crippen molar-refractivity contribution >= 4 is 10.0 Å². The molecule has 0 fully saturated rings. The Morgan fingerprint density at radius 1 is 1.22 bits per heavy atom. The molecular formula is C13H21NO3S. The van der Waals surface area contributed by atoms with Crippen molar-refractivity contribution in [1.82, 2.24) is 0 Å². The third-order valence-corrected chi connectivity index (χ3v) is 3.41. The van der Waals surface area contributed by atoms with E-state index in [0.717, 1.165) is 11.3 Å². The van der Waals surface area contributed by atoms with E-state index in [-0.39, 0.29) is 10.8 Å². The summed E-state index contributed by atoms with van der Waals surface area (Å²) in [6, 6.07) is 4.75. The van der Waals surface area contributed by atoms with E-state index in [0.29, 0.717) is 12.5 Å². The fourth-order valence-electron chi connectivity index (χ4n) is 1.54. The predicted octanol–water partition coefficient (Wildman–Crippen LogP) is 2.49. The Hall–Kier alpha value is -1.07. The van der Waals surface area contributed by atoms with Crippen LogP contribution in [0.5, 0.6) is 5.75 Å². The lowest BCUT2D eigenvalue weighted by Gasteiger charge is -2.16. The summed E-state index contributed by atoms with van der Waals surface area (Å²) in [5.74, 6) is 1.32. The summed E-state index contributed by atoms with van der Waals surface area (Å²) in [5, 5.41) is 5.13. The summed E-state index contributed by atoms with van der Waals surface area (Å²) in [4.78, 5) is 0.128. The maximum atomic E-state index is 11.3. The normalized spacial score (nSPS) is 12.2. The van der Waals surface area contributed by atoms with E-state index in [1.807, 2.05) is 13.8 Å². The second-order valence-electron chi connectivity index (χ2n) is 5.10. The van der Waals surface area contributed by atoms with Crippen LogP contribution in [-0.2, 0) is 10.0 Å². The van der Waals surface area contributed by atoms with E-state index in [9.17, 15) is 8.42 Å². The molecular weight excluding hydrogens is 250 g/mol. The summed E-state index contributed by atoms with van der Waals surface area (Å²) < 4.78 is 28.3. The highest BCUT2D eigenvalue weighted by molar-refractivity contribution is 7.89. The molecule has 0 spiro atoms. The van der Waals surface area contributed by atoms with Gasteiger partial charge >= 0.3 is 0 Å². The minimum atomic E-state index is -3.66. The molecule has 1 aromatic rings. The van der Waals surface area contributed by atoms with Crippen LogP contribution in [0.4, 0.5) is 0 Å². The van der Waals surface area contributed by atoms with Crippen molar-refractivity contribution in [1.29, 1.82) is 0 Å². The summed E-state index contributed by atoms with van der Waals surface area (Å²) in [6.45, 7) is 8.71. The van der Waals surface area contributed by atoms with E-state index >= 15 is 0 Å². The van der Waals surface area contributed by atoms with Gasteiger partial charge in [-0.25, -0.2) is 13.6 Å². The Labute approximate surface area is 109 Å². The first-order valence-corrected chi connectivity index (χ1v) is 7.56. The summed E-state index contributed by atoms with van der Waals surface area (Å²) >= 11 is 0. The zero-order valence-electron chi connectivity index (χ0n) is 11.3. The predicted molar refractivity (Wildman–Crippen MR) is 72.2 cm³/mol. The Morgan fingerprint density at radius 3 is 2.28 bits per heavy atom. The van der Waals surface area contributed by atoms with E-state index in [1.165, 1.54) is 6.07 Å². The van der Waals surface area contributed by atoms with Gasteiger partial charge in [-0.05, 0) is 35.6 Å². The number of benzene rings is 1.